The Kier molecular flexibility index (Phi) is 7.17. The average molecular weight is 529 g/mol. The molecule has 0 spiro atoms. The Morgan fingerprint density at radius 1 is 1.18 bits per heavy atom. The van der Waals surface area contributed by atoms with Crippen molar-refractivity contribution < 1.29 is 12.8 Å². The molecule has 4 rings (SSSR count). The fourth-order valence-corrected chi connectivity index (χ4v) is 5.88. The summed E-state index contributed by atoms with van der Waals surface area (Å²) in [7, 11) is -3.92. The van der Waals surface area contributed by atoms with Gasteiger partial charge in [0.25, 0.3) is 0 Å². The second-order valence-electron chi connectivity index (χ2n) is 7.96. The first-order chi connectivity index (χ1) is 15.6. The highest BCUT2D eigenvalue weighted by Gasteiger charge is 2.35. The van der Waals surface area contributed by atoms with E-state index < -0.39 is 15.8 Å². The molecule has 2 atom stereocenters. The van der Waals surface area contributed by atoms with Crippen molar-refractivity contribution in [3.8, 4) is 0 Å². The van der Waals surface area contributed by atoms with Gasteiger partial charge in [-0.3, -0.25) is 5.01 Å². The van der Waals surface area contributed by atoms with Crippen LogP contribution in [0.5, 0.6) is 0 Å². The van der Waals surface area contributed by atoms with E-state index in [0.29, 0.717) is 38.5 Å². The number of hydrazone groups is 1. The zero-order valence-electron chi connectivity index (χ0n) is 17.6. The number of sulfonamides is 1. The number of hydrogen-bond acceptors (Lipinski definition) is 4. The quantitative estimate of drug-likeness (QED) is 0.496. The summed E-state index contributed by atoms with van der Waals surface area (Å²) in [6, 6.07) is 8.76. The second kappa shape index (κ2) is 9.76. The smallest absolute Gasteiger partial charge is 0.241 e. The van der Waals surface area contributed by atoms with Crippen molar-refractivity contribution in [2.45, 2.75) is 30.7 Å². The molecule has 0 saturated carbocycles. The van der Waals surface area contributed by atoms with Crippen LogP contribution in [-0.2, 0) is 10.0 Å². The SMILES string of the molecule is Cc1ccc(F)cc1S(=O)(=O)NCC1=NN(c2ccc(Cl)cc2Cl)[C@H](C2C=CC(Cl)=CC2)C1. The summed E-state index contributed by atoms with van der Waals surface area (Å²) < 4.78 is 41.8. The number of nitrogens with one attached hydrogen (secondary N) is 1. The number of aryl methyl sites for hydroxylation is 1. The van der Waals surface area contributed by atoms with Gasteiger partial charge < -0.3 is 0 Å². The molecule has 1 aliphatic heterocycles. The Hall–Kier alpha value is -1.90. The van der Waals surface area contributed by atoms with Crippen molar-refractivity contribution in [2.24, 2.45) is 11.0 Å². The molecule has 2 aliphatic rings. The van der Waals surface area contributed by atoms with Gasteiger partial charge in [0.1, 0.15) is 5.82 Å². The Bertz CT molecular complexity index is 1280. The molecule has 0 fully saturated rings. The highest BCUT2D eigenvalue weighted by Crippen LogP contribution is 2.38. The number of allylic oxidation sites excluding steroid dienone is 3. The predicted molar refractivity (Wildman–Crippen MR) is 132 cm³/mol. The van der Waals surface area contributed by atoms with E-state index in [1.165, 1.54) is 12.1 Å². The normalized spacial score (nSPS) is 20.7. The van der Waals surface area contributed by atoms with Crippen LogP contribution in [0.4, 0.5) is 10.1 Å². The number of anilines is 1. The van der Waals surface area contributed by atoms with E-state index >= 15 is 0 Å². The molecular formula is C23H21Cl3FN3O2S. The molecule has 174 valence electrons. The molecular weight excluding hydrogens is 508 g/mol. The fourth-order valence-electron chi connectivity index (χ4n) is 3.95. The Labute approximate surface area is 207 Å². The molecule has 1 unspecified atom stereocenters. The lowest BCUT2D eigenvalue weighted by atomic mass is 9.89. The highest BCUT2D eigenvalue weighted by atomic mass is 35.5. The van der Waals surface area contributed by atoms with E-state index in [1.54, 1.807) is 25.1 Å². The summed E-state index contributed by atoms with van der Waals surface area (Å²) in [6.07, 6.45) is 7.07. The first-order valence-corrected chi connectivity index (χ1v) is 12.9. The maximum Gasteiger partial charge on any atom is 0.241 e. The Morgan fingerprint density at radius 2 is 1.97 bits per heavy atom. The van der Waals surface area contributed by atoms with Gasteiger partial charge in [-0.1, -0.05) is 53.0 Å². The summed E-state index contributed by atoms with van der Waals surface area (Å²) in [5, 5.41) is 8.15. The molecule has 0 aromatic heterocycles. The van der Waals surface area contributed by atoms with Crippen LogP contribution in [0.1, 0.15) is 18.4 Å². The van der Waals surface area contributed by atoms with Gasteiger partial charge in [-0.05, 0) is 55.3 Å². The van der Waals surface area contributed by atoms with Crippen LogP contribution in [0.15, 0.2) is 69.7 Å². The summed E-state index contributed by atoms with van der Waals surface area (Å²) in [5.41, 5.74) is 1.78. The van der Waals surface area contributed by atoms with Crippen molar-refractivity contribution >= 4 is 56.2 Å². The standard InChI is InChI=1S/C23H21Cl3FN3O2S/c1-14-2-8-18(27)11-23(14)33(31,32)28-13-19-12-22(15-3-5-16(24)6-4-15)30(29-19)21-9-7-17(25)10-20(21)26/h2-3,5-11,15,22,28H,4,12-13H2,1H3/t15?,22-/m0/s1. The van der Waals surface area contributed by atoms with Gasteiger partial charge in [0.05, 0.1) is 33.9 Å². The van der Waals surface area contributed by atoms with Crippen molar-refractivity contribution in [3.63, 3.8) is 0 Å². The minimum Gasteiger partial charge on any atom is -0.260 e. The van der Waals surface area contributed by atoms with Gasteiger partial charge in [-0.25, -0.2) is 17.5 Å². The molecule has 33 heavy (non-hydrogen) atoms. The van der Waals surface area contributed by atoms with E-state index in [-0.39, 0.29) is 23.4 Å². The van der Waals surface area contributed by atoms with Crippen LogP contribution in [0.25, 0.3) is 0 Å². The molecule has 1 heterocycles. The molecule has 1 N–H and O–H groups in total. The fraction of sp³-hybridized carbons (Fsp3) is 0.261. The first kappa shape index (κ1) is 24.2. The number of rotatable bonds is 6. The van der Waals surface area contributed by atoms with Gasteiger partial charge >= 0.3 is 0 Å². The van der Waals surface area contributed by atoms with Crippen molar-refractivity contribution in [1.82, 2.24) is 4.72 Å². The summed E-state index contributed by atoms with van der Waals surface area (Å²) in [6.45, 7) is 1.61. The highest BCUT2D eigenvalue weighted by molar-refractivity contribution is 7.89. The van der Waals surface area contributed by atoms with Gasteiger partial charge in [0.2, 0.25) is 10.0 Å². The monoisotopic (exact) mass is 527 g/mol. The molecule has 0 bridgehead atoms. The molecule has 2 aromatic carbocycles. The third-order valence-corrected chi connectivity index (χ3v) is 8.01. The van der Waals surface area contributed by atoms with Crippen LogP contribution in [0.3, 0.4) is 0 Å². The van der Waals surface area contributed by atoms with Crippen LogP contribution < -0.4 is 9.73 Å². The maximum absolute atomic E-state index is 13.6. The number of halogens is 4. The van der Waals surface area contributed by atoms with Crippen LogP contribution in [0.2, 0.25) is 10.0 Å². The molecule has 0 amide bonds. The lowest BCUT2D eigenvalue weighted by Crippen LogP contribution is -2.34. The number of benzene rings is 2. The molecule has 5 nitrogen and oxygen atoms in total. The van der Waals surface area contributed by atoms with Crippen LogP contribution in [0, 0.1) is 18.7 Å². The average Bonchev–Trinajstić information content (AvgIpc) is 3.18. The van der Waals surface area contributed by atoms with E-state index in [0.717, 1.165) is 12.5 Å². The largest absolute Gasteiger partial charge is 0.260 e. The summed E-state index contributed by atoms with van der Waals surface area (Å²) in [5.74, 6) is -0.513. The topological polar surface area (TPSA) is 61.8 Å². The molecule has 0 saturated heterocycles. The van der Waals surface area contributed by atoms with Gasteiger partial charge in [0.15, 0.2) is 0 Å². The van der Waals surface area contributed by atoms with Crippen molar-refractivity contribution in [2.75, 3.05) is 11.6 Å². The van der Waals surface area contributed by atoms with Crippen LogP contribution in [-0.4, -0.2) is 26.7 Å². The molecule has 10 heteroatoms. The van der Waals surface area contributed by atoms with E-state index in [9.17, 15) is 12.8 Å². The zero-order chi connectivity index (χ0) is 23.8. The van der Waals surface area contributed by atoms with Gasteiger partial charge in [-0.2, -0.15) is 5.10 Å². The lowest BCUT2D eigenvalue weighted by molar-refractivity contribution is 0.499. The third-order valence-electron chi connectivity index (χ3n) is 5.65. The molecule has 0 radical (unpaired) electrons. The second-order valence-corrected chi connectivity index (χ2v) is 11.0. The van der Waals surface area contributed by atoms with E-state index in [2.05, 4.69) is 4.72 Å². The van der Waals surface area contributed by atoms with Crippen molar-refractivity contribution in [1.29, 1.82) is 0 Å². The Morgan fingerprint density at radius 3 is 2.67 bits per heavy atom. The van der Waals surface area contributed by atoms with Crippen LogP contribution >= 0.6 is 34.8 Å². The van der Waals surface area contributed by atoms with Gasteiger partial charge in [-0.15, -0.1) is 0 Å². The zero-order valence-corrected chi connectivity index (χ0v) is 20.7. The van der Waals surface area contributed by atoms with Crippen molar-refractivity contribution in [3.05, 3.63) is 81.1 Å². The minimum atomic E-state index is -3.92. The maximum atomic E-state index is 13.6. The minimum absolute atomic E-state index is 0.0104. The van der Waals surface area contributed by atoms with E-state index in [4.69, 9.17) is 39.9 Å². The number of hydrogen-bond donors (Lipinski definition) is 1. The molecule has 1 aliphatic carbocycles. The predicted octanol–water partition coefficient (Wildman–Crippen LogP) is 6.05. The lowest BCUT2D eigenvalue weighted by Gasteiger charge is -2.30. The van der Waals surface area contributed by atoms with Gasteiger partial charge in [0, 0.05) is 22.4 Å². The molecule has 2 aromatic rings. The number of nitrogens with zero attached hydrogens (tertiary/aromatic N) is 2. The first-order valence-electron chi connectivity index (χ1n) is 10.2. The summed E-state index contributed by atoms with van der Waals surface area (Å²) in [4.78, 5) is -0.0924. The van der Waals surface area contributed by atoms with E-state index in [1.807, 2.05) is 23.2 Å². The Balaban J connectivity index is 1.59. The summed E-state index contributed by atoms with van der Waals surface area (Å²) >= 11 is 18.6. The third kappa shape index (κ3) is 5.44.